The summed E-state index contributed by atoms with van der Waals surface area (Å²) in [6.45, 7) is 0. The fourth-order valence-corrected chi connectivity index (χ4v) is 6.75. The number of hydrogen-bond acceptors (Lipinski definition) is 4. The number of fused-ring (bicyclic) bond motifs is 3. The molecule has 0 atom stereocenters. The predicted octanol–water partition coefficient (Wildman–Crippen LogP) is 12.2. The van der Waals surface area contributed by atoms with Gasteiger partial charge in [0.05, 0.1) is 15.1 Å². The molecule has 0 N–H and O–H groups in total. The molecule has 0 saturated heterocycles. The van der Waals surface area contributed by atoms with Gasteiger partial charge in [0.15, 0.2) is 17.5 Å². The predicted molar refractivity (Wildman–Crippen MR) is 205 cm³/mol. The standard InChI is InChI=1S/C45H29N3S/c1-4-12-30(13-5-1)33-22-24-34(25-23-33)43-46-44(37-19-10-18-35(28-37)31-14-6-2-7-15-31)48-45(47-43)38-20-11-21-41-42(38)39-29-36(26-27-40(39)49-41)32-16-8-3-9-17-32/h1-29H/i3D,8D,9D,11D,16D,17D,20D,21D,26D,27D,29D. The van der Waals surface area contributed by atoms with Gasteiger partial charge in [0.1, 0.15) is 0 Å². The van der Waals surface area contributed by atoms with Crippen LogP contribution in [-0.4, -0.2) is 15.0 Å². The number of nitrogens with zero attached hydrogens (tertiary/aromatic N) is 3. The van der Waals surface area contributed by atoms with Crippen molar-refractivity contribution in [2.24, 2.45) is 0 Å². The highest BCUT2D eigenvalue weighted by Gasteiger charge is 2.18. The lowest BCUT2D eigenvalue weighted by Crippen LogP contribution is -2.00. The van der Waals surface area contributed by atoms with Crippen LogP contribution < -0.4 is 0 Å². The van der Waals surface area contributed by atoms with Gasteiger partial charge in [-0.05, 0) is 57.6 Å². The molecule has 0 aliphatic carbocycles. The molecule has 0 saturated carbocycles. The van der Waals surface area contributed by atoms with E-state index in [1.807, 2.05) is 109 Å². The van der Waals surface area contributed by atoms with E-state index < -0.39 is 66.0 Å². The van der Waals surface area contributed by atoms with Crippen molar-refractivity contribution >= 4 is 31.5 Å². The molecule has 0 aliphatic rings. The first-order chi connectivity index (χ1) is 28.8. The van der Waals surface area contributed by atoms with Gasteiger partial charge in [0, 0.05) is 36.9 Å². The third-order valence-corrected chi connectivity index (χ3v) is 9.18. The molecule has 0 fully saturated rings. The summed E-state index contributed by atoms with van der Waals surface area (Å²) in [5.41, 5.74) is 4.30. The molecule has 2 aromatic heterocycles. The monoisotopic (exact) mass is 654 g/mol. The van der Waals surface area contributed by atoms with E-state index >= 15 is 0 Å². The van der Waals surface area contributed by atoms with Crippen molar-refractivity contribution in [2.45, 2.75) is 0 Å². The maximum absolute atomic E-state index is 9.55. The van der Waals surface area contributed by atoms with Crippen LogP contribution in [0, 0.1) is 0 Å². The highest BCUT2D eigenvalue weighted by Crippen LogP contribution is 2.41. The van der Waals surface area contributed by atoms with E-state index in [1.54, 1.807) is 0 Å². The number of benzene rings is 7. The highest BCUT2D eigenvalue weighted by atomic mass is 32.1. The van der Waals surface area contributed by atoms with Crippen molar-refractivity contribution < 1.29 is 15.1 Å². The molecule has 230 valence electrons. The van der Waals surface area contributed by atoms with E-state index in [4.69, 9.17) is 27.3 Å². The summed E-state index contributed by atoms with van der Waals surface area (Å²) in [6.07, 6.45) is 0. The first-order valence-corrected chi connectivity index (χ1v) is 16.3. The van der Waals surface area contributed by atoms with Crippen LogP contribution in [0.15, 0.2) is 176 Å². The summed E-state index contributed by atoms with van der Waals surface area (Å²) >= 11 is 0.909. The lowest BCUT2D eigenvalue weighted by atomic mass is 10.0. The topological polar surface area (TPSA) is 38.7 Å². The van der Waals surface area contributed by atoms with Gasteiger partial charge >= 0.3 is 0 Å². The summed E-state index contributed by atoms with van der Waals surface area (Å²) in [5, 5.41) is 0.116. The molecule has 49 heavy (non-hydrogen) atoms. The van der Waals surface area contributed by atoms with Crippen LogP contribution in [0.25, 0.3) is 87.7 Å². The van der Waals surface area contributed by atoms with Gasteiger partial charge < -0.3 is 0 Å². The SMILES string of the molecule is [2H]c1c([2H])c([2H])c(-c2c([2H])c([2H])c3sc4c([2H])c([2H])c([2H])c(-c5nc(-c6ccc(-c7ccccc7)cc6)nc(-c6cccc(-c7ccccc7)c6)n5)c4c3c2[2H])c([2H])c1[2H]. The fraction of sp³-hybridized carbons (Fsp3) is 0. The molecule has 0 amide bonds. The minimum atomic E-state index is -0.661. The molecule has 9 rings (SSSR count). The van der Waals surface area contributed by atoms with Gasteiger partial charge in [-0.2, -0.15) is 0 Å². The Labute approximate surface area is 304 Å². The van der Waals surface area contributed by atoms with Crippen molar-refractivity contribution in [3.05, 3.63) is 176 Å². The zero-order valence-corrected chi connectivity index (χ0v) is 26.5. The Hall–Kier alpha value is -6.23. The molecular formula is C45H29N3S. The normalized spacial score (nSPS) is 14.4. The molecule has 0 bridgehead atoms. The van der Waals surface area contributed by atoms with Crippen molar-refractivity contribution in [1.82, 2.24) is 15.0 Å². The van der Waals surface area contributed by atoms with Crippen LogP contribution in [0.3, 0.4) is 0 Å². The number of hydrogen-bond donors (Lipinski definition) is 0. The fourth-order valence-electron chi connectivity index (χ4n) is 5.78. The van der Waals surface area contributed by atoms with Gasteiger partial charge in [-0.3, -0.25) is 0 Å². The van der Waals surface area contributed by atoms with Gasteiger partial charge in [-0.15, -0.1) is 11.3 Å². The molecule has 0 radical (unpaired) electrons. The second-order valence-corrected chi connectivity index (χ2v) is 12.2. The van der Waals surface area contributed by atoms with Gasteiger partial charge in [0.2, 0.25) is 0 Å². The smallest absolute Gasteiger partial charge is 0.164 e. The lowest BCUT2D eigenvalue weighted by Gasteiger charge is -2.11. The summed E-state index contributed by atoms with van der Waals surface area (Å²) < 4.78 is 97.2. The van der Waals surface area contributed by atoms with Crippen LogP contribution in [-0.2, 0) is 0 Å². The maximum atomic E-state index is 9.55. The largest absolute Gasteiger partial charge is 0.208 e. The zero-order chi connectivity index (χ0) is 42.1. The minimum absolute atomic E-state index is 0.0108. The molecule has 9 aromatic rings. The van der Waals surface area contributed by atoms with Gasteiger partial charge in [-0.25, -0.2) is 15.0 Å². The van der Waals surface area contributed by atoms with Crippen LogP contribution in [0.5, 0.6) is 0 Å². The van der Waals surface area contributed by atoms with Gasteiger partial charge in [0.25, 0.3) is 0 Å². The molecule has 0 aliphatic heterocycles. The van der Waals surface area contributed by atoms with Crippen LogP contribution in [0.4, 0.5) is 0 Å². The number of rotatable bonds is 6. The van der Waals surface area contributed by atoms with E-state index in [-0.39, 0.29) is 54.8 Å². The quantitative estimate of drug-likeness (QED) is 0.179. The number of aromatic nitrogens is 3. The molecule has 3 nitrogen and oxygen atoms in total. The number of thiophene rings is 1. The van der Waals surface area contributed by atoms with Crippen molar-refractivity contribution in [3.8, 4) is 67.5 Å². The molecule has 2 heterocycles. The van der Waals surface area contributed by atoms with Crippen LogP contribution >= 0.6 is 11.3 Å². The summed E-state index contributed by atoms with van der Waals surface area (Å²) in [6, 6.07) is 29.1. The Balaban J connectivity index is 1.36. The molecule has 0 unspecified atom stereocenters. The van der Waals surface area contributed by atoms with Gasteiger partial charge in [-0.1, -0.05) is 151 Å². The first kappa shape index (κ1) is 19.6. The molecular weight excluding hydrogens is 615 g/mol. The van der Waals surface area contributed by atoms with Crippen molar-refractivity contribution in [3.63, 3.8) is 0 Å². The van der Waals surface area contributed by atoms with Crippen molar-refractivity contribution in [1.29, 1.82) is 0 Å². The maximum Gasteiger partial charge on any atom is 0.164 e. The van der Waals surface area contributed by atoms with Crippen molar-refractivity contribution in [2.75, 3.05) is 0 Å². The second kappa shape index (κ2) is 12.4. The van der Waals surface area contributed by atoms with E-state index in [0.717, 1.165) is 33.6 Å². The minimum Gasteiger partial charge on any atom is -0.208 e. The molecule has 4 heteroatoms. The van der Waals surface area contributed by atoms with Crippen LogP contribution in [0.1, 0.15) is 15.1 Å². The van der Waals surface area contributed by atoms with E-state index in [9.17, 15) is 2.74 Å². The Morgan fingerprint density at radius 2 is 1.02 bits per heavy atom. The summed E-state index contributed by atoms with van der Waals surface area (Å²) in [4.78, 5) is 14.8. The second-order valence-electron chi connectivity index (χ2n) is 11.2. The average molecular weight is 655 g/mol. The summed E-state index contributed by atoms with van der Waals surface area (Å²) in [5.74, 6) is 0.448. The van der Waals surface area contributed by atoms with E-state index in [2.05, 4.69) is 0 Å². The highest BCUT2D eigenvalue weighted by molar-refractivity contribution is 7.26. The first-order valence-electron chi connectivity index (χ1n) is 21.0. The Morgan fingerprint density at radius 1 is 0.408 bits per heavy atom. The van der Waals surface area contributed by atoms with E-state index in [0.29, 0.717) is 11.1 Å². The third-order valence-electron chi connectivity index (χ3n) is 8.16. The lowest BCUT2D eigenvalue weighted by molar-refractivity contribution is 1.08. The van der Waals surface area contributed by atoms with E-state index in [1.165, 1.54) is 0 Å². The molecule has 0 spiro atoms. The Kier molecular flexibility index (Phi) is 4.96. The van der Waals surface area contributed by atoms with Crippen LogP contribution in [0.2, 0.25) is 0 Å². The summed E-state index contributed by atoms with van der Waals surface area (Å²) in [7, 11) is 0. The molecule has 7 aromatic carbocycles. The average Bonchev–Trinajstić information content (AvgIpc) is 3.69. The zero-order valence-electron chi connectivity index (χ0n) is 36.6. The third kappa shape index (κ3) is 5.58. The Morgan fingerprint density at radius 3 is 1.78 bits per heavy atom. The Bertz CT molecular complexity index is 3180.